The molecule has 6 heteroatoms. The Morgan fingerprint density at radius 2 is 1.81 bits per heavy atom. The molecule has 0 fully saturated rings. The average molecular weight is 232 g/mol. The summed E-state index contributed by atoms with van der Waals surface area (Å²) in [6.07, 6.45) is 0. The number of amides is 1. The normalized spacial score (nSPS) is 14.0. The number of methoxy groups -OCH3 is 2. The first-order chi connectivity index (χ1) is 7.52. The van der Waals surface area contributed by atoms with Gasteiger partial charge >= 0.3 is 5.97 Å². The second-order valence-corrected chi connectivity index (χ2v) is 3.42. The number of hydrogen-bond donors (Lipinski definition) is 2. The molecule has 0 aromatic rings. The standard InChI is InChI=1S/C10H20N2O4/c1-7(9(13)11-5-6-15-3)12-8(2)10(14)16-4/h7-8,12H,5-6H2,1-4H3,(H,11,13). The van der Waals surface area contributed by atoms with E-state index in [0.29, 0.717) is 13.2 Å². The lowest BCUT2D eigenvalue weighted by Gasteiger charge is -2.17. The Morgan fingerprint density at radius 1 is 1.19 bits per heavy atom. The molecule has 0 heterocycles. The maximum absolute atomic E-state index is 11.5. The SMILES string of the molecule is COCCNC(=O)C(C)NC(C)C(=O)OC. The molecule has 94 valence electrons. The maximum atomic E-state index is 11.5. The summed E-state index contributed by atoms with van der Waals surface area (Å²) in [5.41, 5.74) is 0. The first-order valence-electron chi connectivity index (χ1n) is 5.13. The average Bonchev–Trinajstić information content (AvgIpc) is 2.27. The molecular weight excluding hydrogens is 212 g/mol. The Morgan fingerprint density at radius 3 is 2.31 bits per heavy atom. The molecule has 2 atom stereocenters. The summed E-state index contributed by atoms with van der Waals surface area (Å²) in [5, 5.41) is 5.50. The molecule has 0 rings (SSSR count). The van der Waals surface area contributed by atoms with Crippen LogP contribution in [-0.4, -0.2) is 51.3 Å². The van der Waals surface area contributed by atoms with E-state index in [1.54, 1.807) is 21.0 Å². The van der Waals surface area contributed by atoms with E-state index in [4.69, 9.17) is 4.74 Å². The van der Waals surface area contributed by atoms with Crippen LogP contribution in [0.25, 0.3) is 0 Å². The zero-order chi connectivity index (χ0) is 12.6. The molecule has 0 saturated heterocycles. The van der Waals surface area contributed by atoms with E-state index < -0.39 is 18.1 Å². The highest BCUT2D eigenvalue weighted by Crippen LogP contribution is 1.90. The minimum Gasteiger partial charge on any atom is -0.468 e. The number of rotatable bonds is 7. The van der Waals surface area contributed by atoms with Crippen molar-refractivity contribution in [1.29, 1.82) is 0 Å². The third-order valence-electron chi connectivity index (χ3n) is 2.05. The molecule has 0 spiro atoms. The Kier molecular flexibility index (Phi) is 7.49. The minimum atomic E-state index is -0.506. The van der Waals surface area contributed by atoms with Gasteiger partial charge in [0.2, 0.25) is 5.91 Å². The summed E-state index contributed by atoms with van der Waals surface area (Å²) in [4.78, 5) is 22.6. The van der Waals surface area contributed by atoms with E-state index in [9.17, 15) is 9.59 Å². The van der Waals surface area contributed by atoms with Crippen molar-refractivity contribution < 1.29 is 19.1 Å². The number of ether oxygens (including phenoxy) is 2. The summed E-state index contributed by atoms with van der Waals surface area (Å²) in [6.45, 7) is 4.24. The number of hydrogen-bond acceptors (Lipinski definition) is 5. The summed E-state index contributed by atoms with van der Waals surface area (Å²) in [5.74, 6) is -0.565. The second kappa shape index (κ2) is 8.06. The molecule has 0 aliphatic rings. The minimum absolute atomic E-state index is 0.173. The van der Waals surface area contributed by atoms with Gasteiger partial charge in [-0.15, -0.1) is 0 Å². The molecule has 0 saturated carbocycles. The van der Waals surface area contributed by atoms with Gasteiger partial charge in [0.1, 0.15) is 6.04 Å². The van der Waals surface area contributed by atoms with Gasteiger partial charge in [-0.1, -0.05) is 0 Å². The van der Waals surface area contributed by atoms with Crippen LogP contribution >= 0.6 is 0 Å². The summed E-state index contributed by atoms with van der Waals surface area (Å²) in [7, 11) is 2.87. The molecule has 16 heavy (non-hydrogen) atoms. The summed E-state index contributed by atoms with van der Waals surface area (Å²) in [6, 6.07) is -0.959. The number of carbonyl (C=O) groups excluding carboxylic acids is 2. The highest BCUT2D eigenvalue weighted by Gasteiger charge is 2.19. The lowest BCUT2D eigenvalue weighted by Crippen LogP contribution is -2.49. The molecule has 1 amide bonds. The number of carbonyl (C=O) groups is 2. The molecule has 0 aliphatic heterocycles. The van der Waals surface area contributed by atoms with Crippen molar-refractivity contribution in [2.45, 2.75) is 25.9 Å². The van der Waals surface area contributed by atoms with Gasteiger partial charge < -0.3 is 14.8 Å². The van der Waals surface area contributed by atoms with E-state index in [1.807, 2.05) is 0 Å². The van der Waals surface area contributed by atoms with E-state index in [0.717, 1.165) is 0 Å². The van der Waals surface area contributed by atoms with Gasteiger partial charge in [0, 0.05) is 13.7 Å². The maximum Gasteiger partial charge on any atom is 0.322 e. The Bertz CT molecular complexity index is 233. The Balaban J connectivity index is 3.90. The molecule has 2 unspecified atom stereocenters. The summed E-state index contributed by atoms with van der Waals surface area (Å²) >= 11 is 0. The van der Waals surface area contributed by atoms with Gasteiger partial charge in [-0.05, 0) is 13.8 Å². The second-order valence-electron chi connectivity index (χ2n) is 3.42. The lowest BCUT2D eigenvalue weighted by molar-refractivity contribution is -0.143. The van der Waals surface area contributed by atoms with Gasteiger partial charge in [0.25, 0.3) is 0 Å². The predicted molar refractivity (Wildman–Crippen MR) is 59.0 cm³/mol. The number of nitrogens with one attached hydrogen (secondary N) is 2. The van der Waals surface area contributed by atoms with Crippen molar-refractivity contribution in [3.63, 3.8) is 0 Å². The first kappa shape index (κ1) is 14.9. The van der Waals surface area contributed by atoms with E-state index in [2.05, 4.69) is 15.4 Å². The fraction of sp³-hybridized carbons (Fsp3) is 0.800. The van der Waals surface area contributed by atoms with Crippen LogP contribution in [0.5, 0.6) is 0 Å². The largest absolute Gasteiger partial charge is 0.468 e. The van der Waals surface area contributed by atoms with Crippen LogP contribution in [0.3, 0.4) is 0 Å². The van der Waals surface area contributed by atoms with E-state index in [-0.39, 0.29) is 5.91 Å². The highest BCUT2D eigenvalue weighted by atomic mass is 16.5. The van der Waals surface area contributed by atoms with Crippen LogP contribution in [0.2, 0.25) is 0 Å². The van der Waals surface area contributed by atoms with Crippen molar-refractivity contribution in [2.75, 3.05) is 27.4 Å². The number of esters is 1. The highest BCUT2D eigenvalue weighted by molar-refractivity contribution is 5.82. The summed E-state index contributed by atoms with van der Waals surface area (Å²) < 4.78 is 9.34. The third-order valence-corrected chi connectivity index (χ3v) is 2.05. The van der Waals surface area contributed by atoms with Crippen molar-refractivity contribution in [3.05, 3.63) is 0 Å². The van der Waals surface area contributed by atoms with Crippen LogP contribution in [0.4, 0.5) is 0 Å². The molecule has 0 aromatic carbocycles. The van der Waals surface area contributed by atoms with Crippen molar-refractivity contribution >= 4 is 11.9 Å². The topological polar surface area (TPSA) is 76.7 Å². The van der Waals surface area contributed by atoms with Gasteiger partial charge in [-0.3, -0.25) is 14.9 Å². The molecule has 0 radical (unpaired) electrons. The molecular formula is C10H20N2O4. The van der Waals surface area contributed by atoms with E-state index in [1.165, 1.54) is 7.11 Å². The van der Waals surface area contributed by atoms with Gasteiger partial charge in [0.05, 0.1) is 19.8 Å². The lowest BCUT2D eigenvalue weighted by atomic mass is 10.2. The quantitative estimate of drug-likeness (QED) is 0.448. The van der Waals surface area contributed by atoms with E-state index >= 15 is 0 Å². The van der Waals surface area contributed by atoms with Crippen LogP contribution < -0.4 is 10.6 Å². The van der Waals surface area contributed by atoms with Crippen molar-refractivity contribution in [1.82, 2.24) is 10.6 Å². The molecule has 6 nitrogen and oxygen atoms in total. The van der Waals surface area contributed by atoms with Crippen molar-refractivity contribution in [2.24, 2.45) is 0 Å². The van der Waals surface area contributed by atoms with Crippen molar-refractivity contribution in [3.8, 4) is 0 Å². The fourth-order valence-corrected chi connectivity index (χ4v) is 1.12. The molecule has 0 bridgehead atoms. The van der Waals surface area contributed by atoms with Gasteiger partial charge in [-0.25, -0.2) is 0 Å². The fourth-order valence-electron chi connectivity index (χ4n) is 1.12. The van der Waals surface area contributed by atoms with Gasteiger partial charge in [-0.2, -0.15) is 0 Å². The molecule has 0 aliphatic carbocycles. The van der Waals surface area contributed by atoms with Crippen LogP contribution in [0.15, 0.2) is 0 Å². The van der Waals surface area contributed by atoms with Crippen LogP contribution in [0.1, 0.15) is 13.8 Å². The molecule has 0 aromatic heterocycles. The predicted octanol–water partition coefficient (Wildman–Crippen LogP) is -0.711. The van der Waals surface area contributed by atoms with Gasteiger partial charge in [0.15, 0.2) is 0 Å². The zero-order valence-electron chi connectivity index (χ0n) is 10.2. The zero-order valence-corrected chi connectivity index (χ0v) is 10.2. The third kappa shape index (κ3) is 5.67. The molecule has 2 N–H and O–H groups in total. The first-order valence-corrected chi connectivity index (χ1v) is 5.13. The monoisotopic (exact) mass is 232 g/mol. The Hall–Kier alpha value is -1.14. The van der Waals surface area contributed by atoms with Crippen LogP contribution in [-0.2, 0) is 19.1 Å². The Labute approximate surface area is 95.7 Å². The van der Waals surface area contributed by atoms with Crippen LogP contribution in [0, 0.1) is 0 Å². The smallest absolute Gasteiger partial charge is 0.322 e.